The van der Waals surface area contributed by atoms with E-state index in [0.717, 1.165) is 40.9 Å². The summed E-state index contributed by atoms with van der Waals surface area (Å²) in [6.07, 6.45) is 1.91. The predicted octanol–water partition coefficient (Wildman–Crippen LogP) is 1.55. The lowest BCUT2D eigenvalue weighted by Gasteiger charge is -2.23. The molecule has 6 heteroatoms. The molecule has 0 aromatic heterocycles. The molecule has 3 rings (SSSR count). The van der Waals surface area contributed by atoms with Crippen molar-refractivity contribution in [3.63, 3.8) is 0 Å². The number of benzene rings is 1. The Morgan fingerprint density at radius 2 is 2.32 bits per heavy atom. The molecule has 1 aromatic rings. The van der Waals surface area contributed by atoms with Gasteiger partial charge in [-0.3, -0.25) is 4.79 Å². The maximum atomic E-state index is 11.6. The van der Waals surface area contributed by atoms with Crippen LogP contribution in [0.5, 0.6) is 11.5 Å². The van der Waals surface area contributed by atoms with E-state index in [1.54, 1.807) is 0 Å². The van der Waals surface area contributed by atoms with E-state index in [1.807, 2.05) is 12.1 Å². The first-order valence-electron chi connectivity index (χ1n) is 6.33. The molecule has 1 atom stereocenters. The molecule has 2 aliphatic rings. The zero-order chi connectivity index (χ0) is 13.2. The van der Waals surface area contributed by atoms with Crippen LogP contribution in [0, 0.1) is 0 Å². The lowest BCUT2D eigenvalue weighted by Crippen LogP contribution is -2.47. The fourth-order valence-electron chi connectivity index (χ4n) is 2.33. The molecular formula is C13H15BrN2O3. The Bertz CT molecular complexity index is 507. The Labute approximate surface area is 119 Å². The van der Waals surface area contributed by atoms with Gasteiger partial charge in [-0.2, -0.15) is 0 Å². The van der Waals surface area contributed by atoms with Crippen LogP contribution in [-0.4, -0.2) is 25.3 Å². The van der Waals surface area contributed by atoms with Gasteiger partial charge in [-0.1, -0.05) is 0 Å². The topological polar surface area (TPSA) is 59.6 Å². The summed E-state index contributed by atoms with van der Waals surface area (Å²) in [5, 5.41) is 6.14. The van der Waals surface area contributed by atoms with E-state index >= 15 is 0 Å². The van der Waals surface area contributed by atoms with Gasteiger partial charge in [0.05, 0.1) is 10.5 Å². The molecule has 0 radical (unpaired) electrons. The SMILES string of the molecule is O=C1NCCCC1NCc1cc(Br)c2c(c1)OCO2. The minimum Gasteiger partial charge on any atom is -0.454 e. The van der Waals surface area contributed by atoms with E-state index in [9.17, 15) is 4.79 Å². The minimum absolute atomic E-state index is 0.0889. The van der Waals surface area contributed by atoms with Crippen LogP contribution in [0.1, 0.15) is 18.4 Å². The first kappa shape index (κ1) is 12.7. The van der Waals surface area contributed by atoms with E-state index in [0.29, 0.717) is 6.54 Å². The summed E-state index contributed by atoms with van der Waals surface area (Å²) in [5.74, 6) is 1.59. The highest BCUT2D eigenvalue weighted by atomic mass is 79.9. The van der Waals surface area contributed by atoms with E-state index in [4.69, 9.17) is 9.47 Å². The maximum absolute atomic E-state index is 11.6. The van der Waals surface area contributed by atoms with Crippen LogP contribution in [0.15, 0.2) is 16.6 Å². The van der Waals surface area contributed by atoms with Gasteiger partial charge in [-0.15, -0.1) is 0 Å². The number of carbonyl (C=O) groups is 1. The predicted molar refractivity (Wildman–Crippen MR) is 73.1 cm³/mol. The second-order valence-corrected chi connectivity index (χ2v) is 5.53. The van der Waals surface area contributed by atoms with Gasteiger partial charge in [0.1, 0.15) is 0 Å². The normalized spacial score (nSPS) is 21.3. The Morgan fingerprint density at radius 1 is 1.42 bits per heavy atom. The van der Waals surface area contributed by atoms with Gasteiger partial charge in [0.2, 0.25) is 12.7 Å². The molecule has 0 saturated carbocycles. The van der Waals surface area contributed by atoms with Crippen molar-refractivity contribution in [2.45, 2.75) is 25.4 Å². The number of ether oxygens (including phenoxy) is 2. The number of amides is 1. The third kappa shape index (κ3) is 2.69. The smallest absolute Gasteiger partial charge is 0.237 e. The Hall–Kier alpha value is -1.27. The Balaban J connectivity index is 1.67. The van der Waals surface area contributed by atoms with Crippen molar-refractivity contribution >= 4 is 21.8 Å². The zero-order valence-corrected chi connectivity index (χ0v) is 12.0. The molecule has 1 aromatic carbocycles. The molecule has 1 saturated heterocycles. The third-order valence-corrected chi connectivity index (χ3v) is 3.91. The lowest BCUT2D eigenvalue weighted by atomic mass is 10.1. The van der Waals surface area contributed by atoms with Crippen molar-refractivity contribution in [2.24, 2.45) is 0 Å². The number of carbonyl (C=O) groups excluding carboxylic acids is 1. The highest BCUT2D eigenvalue weighted by molar-refractivity contribution is 9.10. The molecule has 0 spiro atoms. The molecule has 19 heavy (non-hydrogen) atoms. The van der Waals surface area contributed by atoms with E-state index in [-0.39, 0.29) is 18.7 Å². The molecule has 1 unspecified atom stereocenters. The van der Waals surface area contributed by atoms with E-state index < -0.39 is 0 Å². The monoisotopic (exact) mass is 326 g/mol. The maximum Gasteiger partial charge on any atom is 0.237 e. The number of hydrogen-bond donors (Lipinski definition) is 2. The lowest BCUT2D eigenvalue weighted by molar-refractivity contribution is -0.124. The largest absolute Gasteiger partial charge is 0.454 e. The summed E-state index contributed by atoms with van der Waals surface area (Å²) in [5.41, 5.74) is 1.06. The standard InChI is InChI=1S/C13H15BrN2O3/c14-9-4-8(5-11-12(9)19-7-18-11)6-16-10-2-1-3-15-13(10)17/h4-5,10,16H,1-3,6-7H2,(H,15,17). The minimum atomic E-state index is -0.0991. The number of hydrogen-bond acceptors (Lipinski definition) is 4. The summed E-state index contributed by atoms with van der Waals surface area (Å²) in [7, 11) is 0. The number of halogens is 1. The van der Waals surface area contributed by atoms with Crippen LogP contribution in [-0.2, 0) is 11.3 Å². The van der Waals surface area contributed by atoms with E-state index in [2.05, 4.69) is 26.6 Å². The van der Waals surface area contributed by atoms with Gasteiger partial charge in [-0.05, 0) is 46.5 Å². The van der Waals surface area contributed by atoms with Gasteiger partial charge < -0.3 is 20.1 Å². The van der Waals surface area contributed by atoms with Crippen LogP contribution in [0.3, 0.4) is 0 Å². The van der Waals surface area contributed by atoms with Gasteiger partial charge in [-0.25, -0.2) is 0 Å². The number of rotatable bonds is 3. The average Bonchev–Trinajstić information content (AvgIpc) is 2.87. The Kier molecular flexibility index (Phi) is 3.61. The molecule has 102 valence electrons. The molecule has 2 heterocycles. The third-order valence-electron chi connectivity index (χ3n) is 3.32. The quantitative estimate of drug-likeness (QED) is 0.884. The summed E-state index contributed by atoms with van der Waals surface area (Å²) in [6, 6.07) is 3.83. The number of piperidine rings is 1. The average molecular weight is 327 g/mol. The van der Waals surface area contributed by atoms with Crippen molar-refractivity contribution in [2.75, 3.05) is 13.3 Å². The summed E-state index contributed by atoms with van der Waals surface area (Å²) < 4.78 is 11.6. The van der Waals surface area contributed by atoms with Gasteiger partial charge >= 0.3 is 0 Å². The highest BCUT2D eigenvalue weighted by Gasteiger charge is 2.22. The fourth-order valence-corrected chi connectivity index (χ4v) is 2.93. The van der Waals surface area contributed by atoms with E-state index in [1.165, 1.54) is 0 Å². The summed E-state index contributed by atoms with van der Waals surface area (Å²) >= 11 is 3.46. The van der Waals surface area contributed by atoms with Crippen molar-refractivity contribution < 1.29 is 14.3 Å². The van der Waals surface area contributed by atoms with Crippen molar-refractivity contribution in [3.8, 4) is 11.5 Å². The first-order valence-corrected chi connectivity index (χ1v) is 7.12. The van der Waals surface area contributed by atoms with Crippen LogP contribution in [0.25, 0.3) is 0 Å². The van der Waals surface area contributed by atoms with Crippen molar-refractivity contribution in [1.82, 2.24) is 10.6 Å². The molecular weight excluding hydrogens is 312 g/mol. The number of fused-ring (bicyclic) bond motifs is 1. The highest BCUT2D eigenvalue weighted by Crippen LogP contribution is 2.39. The zero-order valence-electron chi connectivity index (χ0n) is 10.4. The van der Waals surface area contributed by atoms with Crippen molar-refractivity contribution in [1.29, 1.82) is 0 Å². The van der Waals surface area contributed by atoms with Crippen LogP contribution >= 0.6 is 15.9 Å². The molecule has 0 bridgehead atoms. The second kappa shape index (κ2) is 5.38. The summed E-state index contributed by atoms with van der Waals surface area (Å²) in [6.45, 7) is 1.68. The molecule has 1 amide bonds. The van der Waals surface area contributed by atoms with Crippen LogP contribution in [0.2, 0.25) is 0 Å². The molecule has 1 fully saturated rings. The van der Waals surface area contributed by atoms with Gasteiger partial charge in [0, 0.05) is 13.1 Å². The molecule has 5 nitrogen and oxygen atoms in total. The second-order valence-electron chi connectivity index (χ2n) is 4.68. The Morgan fingerprint density at radius 3 is 3.16 bits per heavy atom. The fraction of sp³-hybridized carbons (Fsp3) is 0.462. The van der Waals surface area contributed by atoms with Crippen LogP contribution < -0.4 is 20.1 Å². The molecule has 2 aliphatic heterocycles. The summed E-state index contributed by atoms with van der Waals surface area (Å²) in [4.78, 5) is 11.6. The van der Waals surface area contributed by atoms with Gasteiger partial charge in [0.15, 0.2) is 11.5 Å². The van der Waals surface area contributed by atoms with Crippen molar-refractivity contribution in [3.05, 3.63) is 22.2 Å². The van der Waals surface area contributed by atoms with Crippen LogP contribution in [0.4, 0.5) is 0 Å². The first-order chi connectivity index (χ1) is 9.24. The molecule has 0 aliphatic carbocycles. The number of nitrogens with one attached hydrogen (secondary N) is 2. The molecule has 2 N–H and O–H groups in total. The van der Waals surface area contributed by atoms with Gasteiger partial charge in [0.25, 0.3) is 0 Å².